The van der Waals surface area contributed by atoms with E-state index in [4.69, 9.17) is 19.0 Å². The predicted molar refractivity (Wildman–Crippen MR) is 116 cm³/mol. The number of nitrogens with zero attached hydrogens (tertiary/aromatic N) is 2. The van der Waals surface area contributed by atoms with Crippen LogP contribution in [0.5, 0.6) is 11.5 Å². The van der Waals surface area contributed by atoms with Gasteiger partial charge in [0.2, 0.25) is 5.89 Å². The zero-order chi connectivity index (χ0) is 24.2. The van der Waals surface area contributed by atoms with Crippen LogP contribution in [0.2, 0.25) is 0 Å². The number of aryl methyl sites for hydroxylation is 1. The van der Waals surface area contributed by atoms with Gasteiger partial charge in [0.25, 0.3) is 0 Å². The first kappa shape index (κ1) is 23.1. The predicted octanol–water partition coefficient (Wildman–Crippen LogP) is 5.25. The third-order valence-corrected chi connectivity index (χ3v) is 5.09. The molecule has 2 heterocycles. The van der Waals surface area contributed by atoms with Crippen molar-refractivity contribution in [2.75, 3.05) is 6.61 Å². The number of oxazole rings is 1. The Labute approximate surface area is 191 Å². The van der Waals surface area contributed by atoms with Crippen LogP contribution in [0.3, 0.4) is 0 Å². The molecule has 0 radical (unpaired) electrons. The van der Waals surface area contributed by atoms with Gasteiger partial charge in [-0.2, -0.15) is 8.78 Å². The summed E-state index contributed by atoms with van der Waals surface area (Å²) in [6.07, 6.45) is 3.44. The molecule has 0 spiro atoms. The number of aliphatic carboxylic acids is 1. The van der Waals surface area contributed by atoms with Crippen LogP contribution >= 0.6 is 0 Å². The van der Waals surface area contributed by atoms with E-state index in [0.717, 1.165) is 17.2 Å². The summed E-state index contributed by atoms with van der Waals surface area (Å²) in [5, 5.41) is 8.81. The van der Waals surface area contributed by atoms with E-state index in [1.54, 1.807) is 31.2 Å². The van der Waals surface area contributed by atoms with E-state index in [2.05, 4.69) is 9.97 Å². The molecule has 0 fully saturated rings. The Hall–Kier alpha value is -4.08. The monoisotopic (exact) mass is 472 g/mol. The number of fused-ring (bicyclic) bond motifs is 1. The highest BCUT2D eigenvalue weighted by molar-refractivity contribution is 5.93. The number of pyridine rings is 1. The summed E-state index contributed by atoms with van der Waals surface area (Å²) in [6, 6.07) is 9.32. The molecular formula is C24H19F3N2O5. The number of carbonyl (C=O) groups is 1. The van der Waals surface area contributed by atoms with Crippen molar-refractivity contribution >= 4 is 16.9 Å². The van der Waals surface area contributed by atoms with E-state index in [1.165, 1.54) is 18.5 Å². The van der Waals surface area contributed by atoms with Crippen molar-refractivity contribution < 1.29 is 37.0 Å². The van der Waals surface area contributed by atoms with E-state index in [0.29, 0.717) is 23.6 Å². The number of ether oxygens (including phenoxy) is 2. The maximum Gasteiger partial charge on any atom is 0.387 e. The van der Waals surface area contributed by atoms with Crippen molar-refractivity contribution in [1.29, 1.82) is 0 Å². The van der Waals surface area contributed by atoms with Crippen molar-refractivity contribution in [3.8, 4) is 23.0 Å². The summed E-state index contributed by atoms with van der Waals surface area (Å²) in [5.74, 6) is -2.03. The molecule has 0 aliphatic rings. The highest BCUT2D eigenvalue weighted by Crippen LogP contribution is 2.40. The summed E-state index contributed by atoms with van der Waals surface area (Å²) in [7, 11) is 0. The Morgan fingerprint density at radius 1 is 1.18 bits per heavy atom. The number of carboxylic acid groups (broad SMARTS) is 1. The summed E-state index contributed by atoms with van der Waals surface area (Å²) < 4.78 is 57.0. The lowest BCUT2D eigenvalue weighted by molar-refractivity contribution is -0.139. The lowest BCUT2D eigenvalue weighted by Crippen LogP contribution is -2.13. The Kier molecular flexibility index (Phi) is 6.67. The molecule has 4 aromatic rings. The maximum absolute atomic E-state index is 14.6. The van der Waals surface area contributed by atoms with E-state index in [-0.39, 0.29) is 28.8 Å². The minimum atomic E-state index is -3.21. The molecule has 2 aromatic carbocycles. The van der Waals surface area contributed by atoms with Gasteiger partial charge in [0.15, 0.2) is 6.61 Å². The van der Waals surface area contributed by atoms with Crippen LogP contribution in [-0.2, 0) is 17.6 Å². The van der Waals surface area contributed by atoms with Crippen molar-refractivity contribution in [3.05, 3.63) is 71.5 Å². The van der Waals surface area contributed by atoms with Crippen molar-refractivity contribution in [2.24, 2.45) is 0 Å². The van der Waals surface area contributed by atoms with Crippen LogP contribution < -0.4 is 9.47 Å². The molecular weight excluding hydrogens is 453 g/mol. The van der Waals surface area contributed by atoms with Gasteiger partial charge in [0, 0.05) is 23.2 Å². The SMILES string of the molecule is CCc1nc2c(F)ccc(OCC(=O)O)c2c(OC(F)F)c1Cc1ccc(-c2ncco2)cc1. The topological polar surface area (TPSA) is 94.7 Å². The fraction of sp³-hybridized carbons (Fsp3) is 0.208. The first-order valence-electron chi connectivity index (χ1n) is 10.3. The second-order valence-electron chi connectivity index (χ2n) is 7.26. The molecule has 0 amide bonds. The summed E-state index contributed by atoms with van der Waals surface area (Å²) in [4.78, 5) is 19.4. The molecule has 0 atom stereocenters. The minimum absolute atomic E-state index is 0.120. The second-order valence-corrected chi connectivity index (χ2v) is 7.26. The van der Waals surface area contributed by atoms with Gasteiger partial charge >= 0.3 is 12.6 Å². The van der Waals surface area contributed by atoms with Gasteiger partial charge in [-0.15, -0.1) is 0 Å². The molecule has 7 nitrogen and oxygen atoms in total. The lowest BCUT2D eigenvalue weighted by atomic mass is 9.97. The van der Waals surface area contributed by atoms with Crippen LogP contribution in [0.1, 0.15) is 23.7 Å². The Morgan fingerprint density at radius 2 is 1.94 bits per heavy atom. The van der Waals surface area contributed by atoms with Crippen molar-refractivity contribution in [1.82, 2.24) is 9.97 Å². The smallest absolute Gasteiger partial charge is 0.387 e. The third-order valence-electron chi connectivity index (χ3n) is 5.09. The van der Waals surface area contributed by atoms with Crippen LogP contribution in [0, 0.1) is 5.82 Å². The number of hydrogen-bond donors (Lipinski definition) is 1. The summed E-state index contributed by atoms with van der Waals surface area (Å²) in [6.45, 7) is -2.20. The molecule has 1 N–H and O–H groups in total. The molecule has 34 heavy (non-hydrogen) atoms. The third kappa shape index (κ3) is 4.80. The molecule has 4 rings (SSSR count). The molecule has 0 bridgehead atoms. The van der Waals surface area contributed by atoms with Gasteiger partial charge in [-0.3, -0.25) is 0 Å². The number of hydrogen-bond acceptors (Lipinski definition) is 6. The first-order chi connectivity index (χ1) is 16.4. The maximum atomic E-state index is 14.6. The Balaban J connectivity index is 1.85. The fourth-order valence-electron chi connectivity index (χ4n) is 3.65. The van der Waals surface area contributed by atoms with E-state index >= 15 is 0 Å². The molecule has 0 saturated heterocycles. The number of benzene rings is 2. The van der Waals surface area contributed by atoms with Crippen LogP contribution in [0.4, 0.5) is 13.2 Å². The molecule has 0 aliphatic heterocycles. The van der Waals surface area contributed by atoms with E-state index < -0.39 is 25.0 Å². The number of alkyl halides is 2. The van der Waals surface area contributed by atoms with Gasteiger partial charge in [-0.1, -0.05) is 19.1 Å². The molecule has 10 heteroatoms. The molecule has 0 unspecified atom stereocenters. The number of halogens is 3. The number of aromatic nitrogens is 2. The summed E-state index contributed by atoms with van der Waals surface area (Å²) >= 11 is 0. The summed E-state index contributed by atoms with van der Waals surface area (Å²) in [5.41, 5.74) is 1.93. The second kappa shape index (κ2) is 9.82. The van der Waals surface area contributed by atoms with Gasteiger partial charge in [-0.05, 0) is 36.2 Å². The van der Waals surface area contributed by atoms with Gasteiger partial charge in [0.1, 0.15) is 29.1 Å². The quantitative estimate of drug-likeness (QED) is 0.356. The van der Waals surface area contributed by atoms with Crippen LogP contribution in [0.15, 0.2) is 53.3 Å². The molecule has 2 aromatic heterocycles. The van der Waals surface area contributed by atoms with Crippen molar-refractivity contribution in [2.45, 2.75) is 26.4 Å². The lowest BCUT2D eigenvalue weighted by Gasteiger charge is -2.19. The van der Waals surface area contributed by atoms with E-state index in [1.807, 2.05) is 0 Å². The fourth-order valence-corrected chi connectivity index (χ4v) is 3.65. The average Bonchev–Trinajstić information content (AvgIpc) is 3.35. The number of rotatable bonds is 9. The Bertz CT molecular complexity index is 1310. The zero-order valence-electron chi connectivity index (χ0n) is 17.9. The van der Waals surface area contributed by atoms with Crippen LogP contribution in [-0.4, -0.2) is 34.3 Å². The Morgan fingerprint density at radius 3 is 2.56 bits per heavy atom. The van der Waals surface area contributed by atoms with Gasteiger partial charge in [0.05, 0.1) is 11.6 Å². The van der Waals surface area contributed by atoms with Gasteiger partial charge in [-0.25, -0.2) is 19.2 Å². The highest BCUT2D eigenvalue weighted by atomic mass is 19.3. The molecule has 0 aliphatic carbocycles. The standard InChI is InChI=1S/C24H19F3N2O5/c1-2-17-15(11-13-3-5-14(6-4-13)23-28-9-10-32-23)22(34-24(26)27)20-18(33-12-19(30)31)8-7-16(25)21(20)29-17/h3-10,24H,2,11-12H2,1H3,(H,30,31). The van der Waals surface area contributed by atoms with E-state index in [9.17, 15) is 18.0 Å². The minimum Gasteiger partial charge on any atom is -0.481 e. The average molecular weight is 472 g/mol. The first-order valence-corrected chi connectivity index (χ1v) is 10.3. The molecule has 176 valence electrons. The normalized spacial score (nSPS) is 11.2. The van der Waals surface area contributed by atoms with Crippen molar-refractivity contribution in [3.63, 3.8) is 0 Å². The van der Waals surface area contributed by atoms with Gasteiger partial charge < -0.3 is 19.0 Å². The zero-order valence-corrected chi connectivity index (χ0v) is 17.9. The van der Waals surface area contributed by atoms with Crippen LogP contribution in [0.25, 0.3) is 22.4 Å². The largest absolute Gasteiger partial charge is 0.481 e. The molecule has 0 saturated carbocycles. The highest BCUT2D eigenvalue weighted by Gasteiger charge is 2.24. The number of carboxylic acids is 1.